The van der Waals surface area contributed by atoms with Gasteiger partial charge >= 0.3 is 0 Å². The van der Waals surface area contributed by atoms with Gasteiger partial charge in [-0.15, -0.1) is 11.6 Å². The lowest BCUT2D eigenvalue weighted by Gasteiger charge is -2.16. The number of rotatable bonds is 4. The molecule has 1 aliphatic carbocycles. The minimum atomic E-state index is -0.104. The molecule has 0 bridgehead atoms. The first-order valence-electron chi connectivity index (χ1n) is 6.14. The Morgan fingerprint density at radius 3 is 2.75 bits per heavy atom. The summed E-state index contributed by atoms with van der Waals surface area (Å²) < 4.78 is 5.37. The lowest BCUT2D eigenvalue weighted by molar-refractivity contribution is 0.294. The quantitative estimate of drug-likeness (QED) is 0.750. The zero-order valence-corrected chi connectivity index (χ0v) is 10.8. The molecule has 0 saturated heterocycles. The number of nitrogens with zero attached hydrogens (tertiary/aromatic N) is 2. The van der Waals surface area contributed by atoms with Gasteiger partial charge in [-0.3, -0.25) is 0 Å². The Labute approximate surface area is 102 Å². The Morgan fingerprint density at radius 1 is 1.44 bits per heavy atom. The van der Waals surface area contributed by atoms with Crippen molar-refractivity contribution in [2.75, 3.05) is 0 Å². The second-order valence-electron chi connectivity index (χ2n) is 4.98. The first-order chi connectivity index (χ1) is 7.65. The Morgan fingerprint density at radius 2 is 2.12 bits per heavy atom. The molecule has 0 aliphatic heterocycles. The molecule has 1 aromatic heterocycles. The van der Waals surface area contributed by atoms with Crippen molar-refractivity contribution in [1.82, 2.24) is 10.1 Å². The van der Waals surface area contributed by atoms with E-state index >= 15 is 0 Å². The molecular formula is C12H19ClN2O. The minimum absolute atomic E-state index is 0.0913. The van der Waals surface area contributed by atoms with Crippen molar-refractivity contribution in [2.45, 2.75) is 63.2 Å². The van der Waals surface area contributed by atoms with Gasteiger partial charge in [0, 0.05) is 5.41 Å². The Balaban J connectivity index is 2.12. The first kappa shape index (κ1) is 11.9. The van der Waals surface area contributed by atoms with Gasteiger partial charge in [-0.1, -0.05) is 38.3 Å². The normalized spacial score (nSPS) is 21.2. The SMILES string of the molecule is CCCC(Cl)c1noc(C2(C)CCCC2)n1. The third kappa shape index (κ3) is 2.24. The maximum Gasteiger partial charge on any atom is 0.232 e. The highest BCUT2D eigenvalue weighted by Crippen LogP contribution is 2.40. The van der Waals surface area contributed by atoms with Crippen molar-refractivity contribution in [1.29, 1.82) is 0 Å². The molecule has 2 rings (SSSR count). The zero-order chi connectivity index (χ0) is 11.6. The van der Waals surface area contributed by atoms with Crippen LogP contribution in [0, 0.1) is 0 Å². The maximum absolute atomic E-state index is 6.19. The van der Waals surface area contributed by atoms with Gasteiger partial charge < -0.3 is 4.52 Å². The molecule has 1 unspecified atom stereocenters. The standard InChI is InChI=1S/C12H19ClN2O/c1-3-6-9(13)10-14-11(16-15-10)12(2)7-4-5-8-12/h9H,3-8H2,1-2H3. The number of alkyl halides is 1. The maximum atomic E-state index is 6.19. The van der Waals surface area contributed by atoms with E-state index in [2.05, 4.69) is 24.0 Å². The molecule has 4 heteroatoms. The van der Waals surface area contributed by atoms with Gasteiger partial charge in [0.1, 0.15) is 0 Å². The van der Waals surface area contributed by atoms with Crippen molar-refractivity contribution in [3.05, 3.63) is 11.7 Å². The summed E-state index contributed by atoms with van der Waals surface area (Å²) >= 11 is 6.19. The summed E-state index contributed by atoms with van der Waals surface area (Å²) in [4.78, 5) is 4.47. The Kier molecular flexibility index (Phi) is 3.53. The van der Waals surface area contributed by atoms with Gasteiger partial charge in [0.2, 0.25) is 5.89 Å². The highest BCUT2D eigenvalue weighted by molar-refractivity contribution is 6.20. The lowest BCUT2D eigenvalue weighted by atomic mass is 9.89. The van der Waals surface area contributed by atoms with Gasteiger partial charge in [-0.25, -0.2) is 0 Å². The van der Waals surface area contributed by atoms with E-state index < -0.39 is 0 Å². The van der Waals surface area contributed by atoms with Crippen LogP contribution in [0.4, 0.5) is 0 Å². The van der Waals surface area contributed by atoms with E-state index in [-0.39, 0.29) is 10.8 Å². The van der Waals surface area contributed by atoms with E-state index in [0.29, 0.717) is 5.82 Å². The van der Waals surface area contributed by atoms with Crippen LogP contribution in [0.5, 0.6) is 0 Å². The van der Waals surface area contributed by atoms with Gasteiger partial charge in [-0.2, -0.15) is 4.98 Å². The third-order valence-corrected chi connectivity index (χ3v) is 3.90. The van der Waals surface area contributed by atoms with Gasteiger partial charge in [0.15, 0.2) is 5.82 Å². The monoisotopic (exact) mass is 242 g/mol. The van der Waals surface area contributed by atoms with Crippen LogP contribution in [0.15, 0.2) is 4.52 Å². The van der Waals surface area contributed by atoms with E-state index in [4.69, 9.17) is 16.1 Å². The summed E-state index contributed by atoms with van der Waals surface area (Å²) in [6.07, 6.45) is 6.75. The van der Waals surface area contributed by atoms with Crippen LogP contribution in [0.25, 0.3) is 0 Å². The van der Waals surface area contributed by atoms with Crippen molar-refractivity contribution in [3.63, 3.8) is 0 Å². The fraction of sp³-hybridized carbons (Fsp3) is 0.833. The average Bonchev–Trinajstić information content (AvgIpc) is 2.86. The van der Waals surface area contributed by atoms with E-state index in [1.54, 1.807) is 0 Å². The molecule has 0 spiro atoms. The molecule has 0 amide bonds. The smallest absolute Gasteiger partial charge is 0.232 e. The molecule has 16 heavy (non-hydrogen) atoms. The molecule has 0 N–H and O–H groups in total. The number of hydrogen-bond acceptors (Lipinski definition) is 3. The zero-order valence-electron chi connectivity index (χ0n) is 10.0. The van der Waals surface area contributed by atoms with E-state index in [0.717, 1.165) is 31.6 Å². The second kappa shape index (κ2) is 4.74. The minimum Gasteiger partial charge on any atom is -0.339 e. The van der Waals surface area contributed by atoms with Gasteiger partial charge in [0.05, 0.1) is 5.38 Å². The molecule has 90 valence electrons. The van der Waals surface area contributed by atoms with Crippen LogP contribution in [-0.2, 0) is 5.41 Å². The van der Waals surface area contributed by atoms with Crippen molar-refractivity contribution in [2.24, 2.45) is 0 Å². The van der Waals surface area contributed by atoms with Crippen LogP contribution in [0.2, 0.25) is 0 Å². The molecule has 1 atom stereocenters. The van der Waals surface area contributed by atoms with E-state index in [9.17, 15) is 0 Å². The summed E-state index contributed by atoms with van der Waals surface area (Å²) in [6.45, 7) is 4.31. The predicted octanol–water partition coefficient (Wildman–Crippen LogP) is 3.98. The third-order valence-electron chi connectivity index (χ3n) is 3.49. The fourth-order valence-electron chi connectivity index (χ4n) is 2.36. The largest absolute Gasteiger partial charge is 0.339 e. The first-order valence-corrected chi connectivity index (χ1v) is 6.57. The number of aromatic nitrogens is 2. The van der Waals surface area contributed by atoms with Crippen molar-refractivity contribution < 1.29 is 4.52 Å². The molecule has 3 nitrogen and oxygen atoms in total. The molecule has 1 aliphatic rings. The average molecular weight is 243 g/mol. The molecule has 1 saturated carbocycles. The van der Waals surface area contributed by atoms with Crippen LogP contribution in [0.3, 0.4) is 0 Å². The van der Waals surface area contributed by atoms with Crippen LogP contribution in [-0.4, -0.2) is 10.1 Å². The number of hydrogen-bond donors (Lipinski definition) is 0. The van der Waals surface area contributed by atoms with Crippen LogP contribution >= 0.6 is 11.6 Å². The van der Waals surface area contributed by atoms with Crippen molar-refractivity contribution in [3.8, 4) is 0 Å². The Bertz CT molecular complexity index is 345. The van der Waals surface area contributed by atoms with Crippen molar-refractivity contribution >= 4 is 11.6 Å². The molecule has 1 aromatic rings. The predicted molar refractivity (Wildman–Crippen MR) is 63.6 cm³/mol. The van der Waals surface area contributed by atoms with E-state index in [1.165, 1.54) is 12.8 Å². The fourth-order valence-corrected chi connectivity index (χ4v) is 2.67. The molecule has 1 heterocycles. The second-order valence-corrected chi connectivity index (χ2v) is 5.51. The Hall–Kier alpha value is -0.570. The molecule has 1 fully saturated rings. The van der Waals surface area contributed by atoms with Crippen LogP contribution < -0.4 is 0 Å². The summed E-state index contributed by atoms with van der Waals surface area (Å²) in [7, 11) is 0. The number of halogens is 1. The summed E-state index contributed by atoms with van der Waals surface area (Å²) in [6, 6.07) is 0. The molecule has 0 radical (unpaired) electrons. The molecule has 0 aromatic carbocycles. The van der Waals surface area contributed by atoms with E-state index in [1.807, 2.05) is 0 Å². The van der Waals surface area contributed by atoms with Gasteiger partial charge in [0.25, 0.3) is 0 Å². The summed E-state index contributed by atoms with van der Waals surface area (Å²) in [5.74, 6) is 1.44. The topological polar surface area (TPSA) is 38.9 Å². The summed E-state index contributed by atoms with van der Waals surface area (Å²) in [5, 5.41) is 3.90. The molecular weight excluding hydrogens is 224 g/mol. The summed E-state index contributed by atoms with van der Waals surface area (Å²) in [5.41, 5.74) is 0.0913. The lowest BCUT2D eigenvalue weighted by Crippen LogP contribution is -2.17. The van der Waals surface area contributed by atoms with Gasteiger partial charge in [-0.05, 0) is 19.3 Å². The van der Waals surface area contributed by atoms with Crippen LogP contribution in [0.1, 0.15) is 69.5 Å². The highest BCUT2D eigenvalue weighted by atomic mass is 35.5. The highest BCUT2D eigenvalue weighted by Gasteiger charge is 2.36.